The van der Waals surface area contributed by atoms with Gasteiger partial charge in [0.25, 0.3) is 0 Å². The summed E-state index contributed by atoms with van der Waals surface area (Å²) in [5, 5.41) is 22.8. The Hall–Kier alpha value is -1.82. The van der Waals surface area contributed by atoms with Gasteiger partial charge in [-0.2, -0.15) is 0 Å². The van der Waals surface area contributed by atoms with Crippen LogP contribution >= 0.6 is 0 Å². The Balaban J connectivity index is 2.11. The summed E-state index contributed by atoms with van der Waals surface area (Å²) >= 11 is 0. The maximum absolute atomic E-state index is 10.5. The second-order valence-electron chi connectivity index (χ2n) is 8.98. The van der Waals surface area contributed by atoms with Crippen LogP contribution in [0, 0.1) is 0 Å². The van der Waals surface area contributed by atoms with Crippen LogP contribution in [0.25, 0.3) is 0 Å². The summed E-state index contributed by atoms with van der Waals surface area (Å²) in [6, 6.07) is 5.16. The van der Waals surface area contributed by atoms with Gasteiger partial charge in [-0.05, 0) is 73.2 Å². The van der Waals surface area contributed by atoms with Crippen LogP contribution in [0.2, 0.25) is 18.1 Å². The minimum atomic E-state index is -2.34. The molecule has 0 radical (unpaired) electrons. The van der Waals surface area contributed by atoms with Gasteiger partial charge < -0.3 is 20.0 Å². The molecule has 0 aliphatic rings. The van der Waals surface area contributed by atoms with Crippen molar-refractivity contribution in [1.29, 1.82) is 0 Å². The first-order valence-electron chi connectivity index (χ1n) is 12.5. The monoisotopic (exact) mass is 420 g/mol. The van der Waals surface area contributed by atoms with Gasteiger partial charge >= 0.3 is 0 Å². The number of rotatable bonds is 9. The first-order valence-corrected chi connectivity index (χ1v) is 12.9. The topological polar surface area (TPSA) is 61.7 Å². The molecule has 0 aromatic heterocycles. The zero-order valence-electron chi connectivity index (χ0n) is 23.3. The molecule has 2 rings (SSSR count). The molecule has 4 nitrogen and oxygen atoms in total. The van der Waals surface area contributed by atoms with Gasteiger partial charge in [-0.15, -0.1) is 0 Å². The van der Waals surface area contributed by atoms with Crippen molar-refractivity contribution in [3.8, 4) is 11.5 Å². The predicted octanol–water partition coefficient (Wildman–Crippen LogP) is 5.42. The molecule has 0 saturated carbocycles. The van der Waals surface area contributed by atoms with E-state index in [9.17, 15) is 10.2 Å². The van der Waals surface area contributed by atoms with Gasteiger partial charge in [-0.25, -0.2) is 0 Å². The molecule has 0 amide bonds. The molecule has 0 bridgehead atoms. The molecule has 5 heteroatoms. The molecule has 2 atom stereocenters. The van der Waals surface area contributed by atoms with E-state index in [0.717, 1.165) is 0 Å². The fourth-order valence-electron chi connectivity index (χ4n) is 2.40. The fourth-order valence-corrected chi connectivity index (χ4v) is 3.32. The summed E-state index contributed by atoms with van der Waals surface area (Å²) in [6.45, 7) is 12.0. The maximum Gasteiger partial charge on any atom is 0.250 e. The van der Waals surface area contributed by atoms with E-state index in [2.05, 4.69) is 26.1 Å². The van der Waals surface area contributed by atoms with Crippen LogP contribution in [-0.4, -0.2) is 31.1 Å². The lowest BCUT2D eigenvalue weighted by molar-refractivity contribution is 0.170. The van der Waals surface area contributed by atoms with Crippen molar-refractivity contribution in [3.05, 3.63) is 59.6 Å². The molecule has 0 aliphatic carbocycles. The lowest BCUT2D eigenvalue weighted by atomic mass is 10.1. The molecule has 160 valence electrons. The van der Waals surface area contributed by atoms with Crippen LogP contribution < -0.4 is 9.74 Å². The van der Waals surface area contributed by atoms with Crippen LogP contribution in [0.15, 0.2) is 48.4 Å². The Bertz CT molecular complexity index is 978. The van der Waals surface area contributed by atoms with Crippen LogP contribution in [0.3, 0.4) is 0 Å². The number of aromatic hydroxyl groups is 1. The summed E-state index contributed by atoms with van der Waals surface area (Å²) in [6.07, 6.45) is -1.08. The van der Waals surface area contributed by atoms with E-state index in [0.29, 0.717) is 24.0 Å². The van der Waals surface area contributed by atoms with E-state index in [4.69, 9.17) is 11.3 Å². The third-order valence-corrected chi connectivity index (χ3v) is 9.79. The summed E-state index contributed by atoms with van der Waals surface area (Å²) in [5.74, 6) is 0.0752. The molecule has 2 aromatic rings. The average Bonchev–Trinajstić information content (AvgIpc) is 2.73. The largest absolute Gasteiger partial charge is 0.544 e. The Morgan fingerprint density at radius 3 is 2.28 bits per heavy atom. The summed E-state index contributed by atoms with van der Waals surface area (Å²) < 4.78 is 48.1. The molecule has 2 unspecified atom stereocenters. The standard InChI is InChI=1S/C24H37NO3Si/c1-18(25-17-23(27)20-11-13-21(26)14-12-20)7-8-19-9-15-22(16-10-19)28-29(5,6)24(2,3)4/h9-16,18,23,25-27H,7-8,17H2,1-6H3/i9D,10D,15D,16D,23D. The minimum Gasteiger partial charge on any atom is -0.544 e. The number of nitrogens with one attached hydrogen (secondary N) is 1. The molecule has 2 aromatic carbocycles. The number of phenols is 1. The molecular weight excluding hydrogens is 378 g/mol. The van der Waals surface area contributed by atoms with Crippen molar-refractivity contribution in [2.24, 2.45) is 0 Å². The highest BCUT2D eigenvalue weighted by molar-refractivity contribution is 6.74. The summed E-state index contributed by atoms with van der Waals surface area (Å²) in [4.78, 5) is 0. The van der Waals surface area contributed by atoms with Crippen molar-refractivity contribution >= 4 is 8.32 Å². The quantitative estimate of drug-likeness (QED) is 0.474. The first-order chi connectivity index (χ1) is 15.5. The molecule has 0 saturated heterocycles. The highest BCUT2D eigenvalue weighted by Crippen LogP contribution is 2.37. The highest BCUT2D eigenvalue weighted by Gasteiger charge is 2.38. The Morgan fingerprint density at radius 1 is 1.14 bits per heavy atom. The minimum absolute atomic E-state index is 0.0182. The molecule has 0 fully saturated rings. The molecule has 29 heavy (non-hydrogen) atoms. The Morgan fingerprint density at radius 2 is 1.72 bits per heavy atom. The third-order valence-electron chi connectivity index (χ3n) is 5.46. The average molecular weight is 421 g/mol. The summed E-state index contributed by atoms with van der Waals surface area (Å²) in [7, 11) is -2.34. The van der Waals surface area contributed by atoms with E-state index in [1.54, 1.807) is 0 Å². The summed E-state index contributed by atoms with van der Waals surface area (Å²) in [5.41, 5.74) is 0.674. The zero-order valence-corrected chi connectivity index (χ0v) is 19.3. The van der Waals surface area contributed by atoms with Gasteiger partial charge in [-0.3, -0.25) is 0 Å². The Labute approximate surface area is 184 Å². The predicted molar refractivity (Wildman–Crippen MR) is 123 cm³/mol. The molecule has 0 spiro atoms. The third kappa shape index (κ3) is 7.18. The van der Waals surface area contributed by atoms with Crippen molar-refractivity contribution in [2.45, 2.75) is 70.8 Å². The number of phenolic OH excluding ortho intramolecular Hbond substituents is 1. The molecule has 3 N–H and O–H groups in total. The first kappa shape index (κ1) is 16.9. The highest BCUT2D eigenvalue weighted by atomic mass is 28.4. The van der Waals surface area contributed by atoms with Gasteiger partial charge in [0.2, 0.25) is 8.32 Å². The van der Waals surface area contributed by atoms with Crippen LogP contribution in [0.4, 0.5) is 0 Å². The van der Waals surface area contributed by atoms with E-state index in [1.165, 1.54) is 24.3 Å². The van der Waals surface area contributed by atoms with Gasteiger partial charge in [0, 0.05) is 12.6 Å². The Kier molecular flexibility index (Phi) is 5.71. The van der Waals surface area contributed by atoms with Crippen molar-refractivity contribution in [2.75, 3.05) is 6.54 Å². The number of hydrogen-bond donors (Lipinski definition) is 3. The molecule has 0 aliphatic heterocycles. The smallest absolute Gasteiger partial charge is 0.250 e. The van der Waals surface area contributed by atoms with E-state index in [1.807, 2.05) is 20.0 Å². The van der Waals surface area contributed by atoms with E-state index in [-0.39, 0.29) is 53.3 Å². The molecule has 0 heterocycles. The van der Waals surface area contributed by atoms with E-state index < -0.39 is 14.4 Å². The fraction of sp³-hybridized carbons (Fsp3) is 0.500. The normalized spacial score (nSPS) is 18.0. The zero-order chi connectivity index (χ0) is 26.1. The second kappa shape index (κ2) is 9.79. The van der Waals surface area contributed by atoms with E-state index >= 15 is 0 Å². The van der Waals surface area contributed by atoms with Crippen LogP contribution in [0.1, 0.15) is 58.2 Å². The lowest BCUT2D eigenvalue weighted by Gasteiger charge is -2.36. The number of benzene rings is 2. The molecular formula is C24H37NO3Si. The maximum atomic E-state index is 10.5. The van der Waals surface area contributed by atoms with Gasteiger partial charge in [0.05, 0.1) is 12.9 Å². The number of hydrogen-bond acceptors (Lipinski definition) is 4. The van der Waals surface area contributed by atoms with Gasteiger partial charge in [0.1, 0.15) is 11.5 Å². The van der Waals surface area contributed by atoms with Gasteiger partial charge in [-0.1, -0.05) is 45.0 Å². The lowest BCUT2D eigenvalue weighted by Crippen LogP contribution is -2.43. The number of aliphatic hydroxyl groups is 1. The van der Waals surface area contributed by atoms with Crippen LogP contribution in [0.5, 0.6) is 11.5 Å². The van der Waals surface area contributed by atoms with Crippen molar-refractivity contribution in [3.63, 3.8) is 0 Å². The SMILES string of the molecule is [2H]c1c([2H])c(O[Si](C)(C)C(C)(C)C)c([2H])c([2H])c1CCC(C)NCC([2H])(O)c1ccc(O)cc1. The van der Waals surface area contributed by atoms with Crippen molar-refractivity contribution < 1.29 is 21.5 Å². The van der Waals surface area contributed by atoms with Crippen LogP contribution in [-0.2, 0) is 6.42 Å². The van der Waals surface area contributed by atoms with Gasteiger partial charge in [0.15, 0.2) is 0 Å². The van der Waals surface area contributed by atoms with Crippen molar-refractivity contribution in [1.82, 2.24) is 5.32 Å². The second-order valence-corrected chi connectivity index (χ2v) is 13.7.